The molecule has 0 bridgehead atoms. The number of pyridine rings is 1. The lowest BCUT2D eigenvalue weighted by molar-refractivity contribution is 0.556. The summed E-state index contributed by atoms with van der Waals surface area (Å²) in [7, 11) is 0. The number of fused-ring (bicyclic) bond motifs is 1. The molecule has 3 aromatic rings. The fourth-order valence-corrected chi connectivity index (χ4v) is 2.98. The zero-order chi connectivity index (χ0) is 13.2. The summed E-state index contributed by atoms with van der Waals surface area (Å²) >= 11 is 5.04. The fraction of sp³-hybridized carbons (Fsp3) is 0.0769. The minimum atomic E-state index is 0.629. The summed E-state index contributed by atoms with van der Waals surface area (Å²) in [6, 6.07) is 9.31. The maximum atomic E-state index is 5.71. The predicted octanol–water partition coefficient (Wildman–Crippen LogP) is 3.86. The first-order chi connectivity index (χ1) is 9.22. The Morgan fingerprint density at radius 1 is 1.32 bits per heavy atom. The molecule has 0 aliphatic heterocycles. The summed E-state index contributed by atoms with van der Waals surface area (Å²) in [4.78, 5) is 8.70. The van der Waals surface area contributed by atoms with E-state index in [2.05, 4.69) is 25.9 Å². The van der Waals surface area contributed by atoms with Crippen LogP contribution in [0.3, 0.4) is 0 Å². The number of benzene rings is 1. The Labute approximate surface area is 122 Å². The van der Waals surface area contributed by atoms with Gasteiger partial charge >= 0.3 is 0 Å². The highest BCUT2D eigenvalue weighted by Crippen LogP contribution is 2.28. The van der Waals surface area contributed by atoms with Crippen LogP contribution in [-0.4, -0.2) is 9.97 Å². The van der Waals surface area contributed by atoms with E-state index in [1.54, 1.807) is 24.0 Å². The quantitative estimate of drug-likeness (QED) is 0.581. The van der Waals surface area contributed by atoms with Crippen molar-refractivity contribution < 1.29 is 4.42 Å². The Morgan fingerprint density at radius 3 is 3.05 bits per heavy atom. The summed E-state index contributed by atoms with van der Waals surface area (Å²) in [5.41, 5.74) is 7.93. The Balaban J connectivity index is 1.80. The molecule has 96 valence electrons. The van der Waals surface area contributed by atoms with E-state index in [-0.39, 0.29) is 0 Å². The molecule has 0 saturated heterocycles. The van der Waals surface area contributed by atoms with Gasteiger partial charge in [-0.3, -0.25) is 0 Å². The number of hydrogen-bond acceptors (Lipinski definition) is 5. The van der Waals surface area contributed by atoms with E-state index in [1.807, 2.05) is 24.3 Å². The SMILES string of the molecule is Nc1ccc2nc(CSc3ncccc3Br)oc2c1. The second-order valence-corrected chi connectivity index (χ2v) is 5.73. The van der Waals surface area contributed by atoms with Crippen molar-refractivity contribution in [2.75, 3.05) is 5.73 Å². The van der Waals surface area contributed by atoms with Gasteiger partial charge in [-0.05, 0) is 40.2 Å². The number of thioether (sulfide) groups is 1. The summed E-state index contributed by atoms with van der Waals surface area (Å²) in [6.07, 6.45) is 1.76. The van der Waals surface area contributed by atoms with Crippen LogP contribution in [-0.2, 0) is 5.75 Å². The highest BCUT2D eigenvalue weighted by atomic mass is 79.9. The highest BCUT2D eigenvalue weighted by Gasteiger charge is 2.08. The molecule has 0 atom stereocenters. The second-order valence-electron chi connectivity index (χ2n) is 3.91. The largest absolute Gasteiger partial charge is 0.440 e. The number of nitrogen functional groups attached to an aromatic ring is 1. The molecule has 0 aliphatic carbocycles. The zero-order valence-electron chi connectivity index (χ0n) is 9.84. The maximum Gasteiger partial charge on any atom is 0.205 e. The molecule has 0 aliphatic rings. The van der Waals surface area contributed by atoms with Gasteiger partial charge in [-0.15, -0.1) is 0 Å². The number of halogens is 1. The first kappa shape index (κ1) is 12.5. The van der Waals surface area contributed by atoms with Crippen LogP contribution in [0.5, 0.6) is 0 Å². The third kappa shape index (κ3) is 2.74. The molecule has 2 aromatic heterocycles. The van der Waals surface area contributed by atoms with Crippen molar-refractivity contribution in [1.29, 1.82) is 0 Å². The molecule has 19 heavy (non-hydrogen) atoms. The molecule has 0 spiro atoms. The van der Waals surface area contributed by atoms with Crippen molar-refractivity contribution in [3.63, 3.8) is 0 Å². The van der Waals surface area contributed by atoms with Crippen LogP contribution in [0.15, 0.2) is 50.4 Å². The van der Waals surface area contributed by atoms with Crippen LogP contribution >= 0.6 is 27.7 Å². The van der Waals surface area contributed by atoms with Gasteiger partial charge in [-0.2, -0.15) is 0 Å². The van der Waals surface area contributed by atoms with Crippen LogP contribution in [0.4, 0.5) is 5.69 Å². The van der Waals surface area contributed by atoms with Gasteiger partial charge in [-0.1, -0.05) is 11.8 Å². The number of hydrogen-bond donors (Lipinski definition) is 1. The van der Waals surface area contributed by atoms with Gasteiger partial charge in [0.2, 0.25) is 5.89 Å². The summed E-state index contributed by atoms with van der Waals surface area (Å²) in [5.74, 6) is 1.30. The third-order valence-electron chi connectivity index (χ3n) is 2.51. The molecular formula is C13H10BrN3OS. The van der Waals surface area contributed by atoms with E-state index in [4.69, 9.17) is 10.2 Å². The van der Waals surface area contributed by atoms with E-state index < -0.39 is 0 Å². The van der Waals surface area contributed by atoms with Crippen molar-refractivity contribution in [3.05, 3.63) is 46.9 Å². The Hall–Kier alpha value is -1.53. The number of rotatable bonds is 3. The summed E-state index contributed by atoms with van der Waals surface area (Å²) < 4.78 is 6.63. The van der Waals surface area contributed by atoms with Gasteiger partial charge in [0.25, 0.3) is 0 Å². The molecule has 0 fully saturated rings. The summed E-state index contributed by atoms with van der Waals surface area (Å²) in [6.45, 7) is 0. The predicted molar refractivity (Wildman–Crippen MR) is 79.9 cm³/mol. The normalized spacial score (nSPS) is 11.0. The molecule has 0 radical (unpaired) electrons. The molecule has 0 amide bonds. The van der Waals surface area contributed by atoms with Gasteiger partial charge in [-0.25, -0.2) is 9.97 Å². The molecule has 2 heterocycles. The second kappa shape index (κ2) is 5.22. The van der Waals surface area contributed by atoms with Crippen molar-refractivity contribution in [3.8, 4) is 0 Å². The lowest BCUT2D eigenvalue weighted by Gasteiger charge is -1.99. The lowest BCUT2D eigenvalue weighted by Crippen LogP contribution is -1.84. The zero-order valence-corrected chi connectivity index (χ0v) is 12.2. The number of oxazole rings is 1. The Bertz CT molecular complexity index is 729. The van der Waals surface area contributed by atoms with Gasteiger partial charge in [0.1, 0.15) is 10.5 Å². The third-order valence-corrected chi connectivity index (χ3v) is 4.41. The van der Waals surface area contributed by atoms with Crippen molar-refractivity contribution in [1.82, 2.24) is 9.97 Å². The summed E-state index contributed by atoms with van der Waals surface area (Å²) in [5, 5.41) is 0.921. The van der Waals surface area contributed by atoms with E-state index in [1.165, 1.54) is 0 Å². The van der Waals surface area contributed by atoms with Gasteiger partial charge in [0.05, 0.1) is 5.75 Å². The van der Waals surface area contributed by atoms with E-state index in [0.29, 0.717) is 17.3 Å². The van der Waals surface area contributed by atoms with Crippen LogP contribution in [0.25, 0.3) is 11.1 Å². The van der Waals surface area contributed by atoms with Gasteiger partial charge in [0, 0.05) is 22.4 Å². The topological polar surface area (TPSA) is 64.9 Å². The van der Waals surface area contributed by atoms with Gasteiger partial charge < -0.3 is 10.2 Å². The molecular weight excluding hydrogens is 326 g/mol. The van der Waals surface area contributed by atoms with Gasteiger partial charge in [0.15, 0.2) is 5.58 Å². The van der Waals surface area contributed by atoms with Crippen molar-refractivity contribution in [2.45, 2.75) is 10.8 Å². The molecule has 6 heteroatoms. The molecule has 0 unspecified atom stereocenters. The molecule has 3 rings (SSSR count). The number of nitrogens with zero attached hydrogens (tertiary/aromatic N) is 2. The number of nitrogens with two attached hydrogens (primary N) is 1. The Morgan fingerprint density at radius 2 is 2.21 bits per heavy atom. The molecule has 2 N–H and O–H groups in total. The average molecular weight is 336 g/mol. The standard InChI is InChI=1S/C13H10BrN3OS/c14-9-2-1-5-16-13(9)19-7-12-17-10-4-3-8(15)6-11(10)18-12/h1-6H,7,15H2. The monoisotopic (exact) mass is 335 g/mol. The maximum absolute atomic E-state index is 5.71. The van der Waals surface area contributed by atoms with Crippen LogP contribution in [0.1, 0.15) is 5.89 Å². The van der Waals surface area contributed by atoms with Crippen LogP contribution in [0.2, 0.25) is 0 Å². The lowest BCUT2D eigenvalue weighted by atomic mass is 10.3. The van der Waals surface area contributed by atoms with Crippen molar-refractivity contribution in [2.24, 2.45) is 0 Å². The fourth-order valence-electron chi connectivity index (χ4n) is 1.66. The van der Waals surface area contributed by atoms with Crippen LogP contribution in [0, 0.1) is 0 Å². The number of anilines is 1. The smallest absolute Gasteiger partial charge is 0.205 e. The van der Waals surface area contributed by atoms with E-state index in [0.717, 1.165) is 20.6 Å². The first-order valence-electron chi connectivity index (χ1n) is 5.60. The minimum absolute atomic E-state index is 0.629. The molecule has 4 nitrogen and oxygen atoms in total. The van der Waals surface area contributed by atoms with E-state index in [9.17, 15) is 0 Å². The highest BCUT2D eigenvalue weighted by molar-refractivity contribution is 9.10. The number of aromatic nitrogens is 2. The molecule has 1 aromatic carbocycles. The minimum Gasteiger partial charge on any atom is -0.440 e. The molecule has 0 saturated carbocycles. The average Bonchev–Trinajstić information content (AvgIpc) is 2.79. The van der Waals surface area contributed by atoms with Crippen molar-refractivity contribution >= 4 is 44.5 Å². The first-order valence-corrected chi connectivity index (χ1v) is 7.38. The van der Waals surface area contributed by atoms with E-state index >= 15 is 0 Å². The Kier molecular flexibility index (Phi) is 3.44. The van der Waals surface area contributed by atoms with Crippen LogP contribution < -0.4 is 5.73 Å².